The van der Waals surface area contributed by atoms with E-state index in [9.17, 15) is 13.6 Å². The second-order valence-electron chi connectivity index (χ2n) is 3.41. The van der Waals surface area contributed by atoms with Gasteiger partial charge in [-0.1, -0.05) is 0 Å². The van der Waals surface area contributed by atoms with Crippen molar-refractivity contribution in [2.45, 2.75) is 6.92 Å². The molecule has 0 atom stereocenters. The zero-order valence-electron chi connectivity index (χ0n) is 9.93. The maximum absolute atomic E-state index is 13.3. The first-order chi connectivity index (χ1) is 8.60. The van der Waals surface area contributed by atoms with Gasteiger partial charge >= 0.3 is 0 Å². The minimum atomic E-state index is -0.924. The van der Waals surface area contributed by atoms with Gasteiger partial charge in [-0.15, -0.1) is 0 Å². The Morgan fingerprint density at radius 2 is 2.00 bits per heavy atom. The standard InChI is InChI=1S/C11H15F2N3O2/c1-2-18-4-3-15-11(17)7-5-8(12)10(16-14)9(13)6-7/h5-6,16H,2-4,14H2,1H3,(H,15,17). The van der Waals surface area contributed by atoms with E-state index in [-0.39, 0.29) is 12.1 Å². The van der Waals surface area contributed by atoms with Crippen LogP contribution in [0, 0.1) is 11.6 Å². The van der Waals surface area contributed by atoms with Gasteiger partial charge < -0.3 is 15.5 Å². The highest BCUT2D eigenvalue weighted by atomic mass is 19.1. The molecule has 0 aromatic heterocycles. The lowest BCUT2D eigenvalue weighted by atomic mass is 10.1. The molecule has 0 aliphatic rings. The van der Waals surface area contributed by atoms with Gasteiger partial charge in [-0.05, 0) is 19.1 Å². The van der Waals surface area contributed by atoms with Crippen molar-refractivity contribution in [2.24, 2.45) is 5.84 Å². The van der Waals surface area contributed by atoms with Crippen LogP contribution in [0.4, 0.5) is 14.5 Å². The molecule has 0 fully saturated rings. The van der Waals surface area contributed by atoms with E-state index in [0.29, 0.717) is 13.2 Å². The van der Waals surface area contributed by atoms with Crippen molar-refractivity contribution in [1.29, 1.82) is 0 Å². The van der Waals surface area contributed by atoms with Crippen molar-refractivity contribution in [1.82, 2.24) is 5.32 Å². The van der Waals surface area contributed by atoms with Gasteiger partial charge in [0.25, 0.3) is 5.91 Å². The van der Waals surface area contributed by atoms with Crippen LogP contribution in [-0.4, -0.2) is 25.7 Å². The Bertz CT molecular complexity index is 404. The number of nitrogens with one attached hydrogen (secondary N) is 2. The van der Waals surface area contributed by atoms with E-state index in [1.54, 1.807) is 0 Å². The number of ether oxygens (including phenoxy) is 1. The number of anilines is 1. The van der Waals surface area contributed by atoms with Crippen molar-refractivity contribution in [3.63, 3.8) is 0 Å². The van der Waals surface area contributed by atoms with Gasteiger partial charge in [-0.25, -0.2) is 8.78 Å². The van der Waals surface area contributed by atoms with Crippen LogP contribution in [-0.2, 0) is 4.74 Å². The Kier molecular flexibility index (Phi) is 5.47. The molecule has 100 valence electrons. The summed E-state index contributed by atoms with van der Waals surface area (Å²) in [4.78, 5) is 11.6. The Labute approximate surface area is 103 Å². The number of hydrogen-bond donors (Lipinski definition) is 3. The number of hydrazine groups is 1. The smallest absolute Gasteiger partial charge is 0.251 e. The van der Waals surface area contributed by atoms with E-state index in [0.717, 1.165) is 12.1 Å². The molecule has 0 aliphatic heterocycles. The fraction of sp³-hybridized carbons (Fsp3) is 0.364. The fourth-order valence-electron chi connectivity index (χ4n) is 1.33. The molecule has 1 amide bonds. The van der Waals surface area contributed by atoms with Crippen molar-refractivity contribution < 1.29 is 18.3 Å². The van der Waals surface area contributed by atoms with Gasteiger partial charge in [-0.3, -0.25) is 10.6 Å². The summed E-state index contributed by atoms with van der Waals surface area (Å²) in [5.74, 6) is 2.52. The molecule has 4 N–H and O–H groups in total. The molecule has 0 bridgehead atoms. The van der Waals surface area contributed by atoms with Crippen LogP contribution in [0.2, 0.25) is 0 Å². The van der Waals surface area contributed by atoms with Crippen LogP contribution in [0.15, 0.2) is 12.1 Å². The third-order valence-electron chi connectivity index (χ3n) is 2.18. The number of halogens is 2. The van der Waals surface area contributed by atoms with E-state index in [1.165, 1.54) is 0 Å². The predicted octanol–water partition coefficient (Wildman–Crippen LogP) is 1.02. The van der Waals surface area contributed by atoms with Crippen LogP contribution < -0.4 is 16.6 Å². The van der Waals surface area contributed by atoms with Crippen molar-refractivity contribution in [2.75, 3.05) is 25.2 Å². The summed E-state index contributed by atoms with van der Waals surface area (Å²) in [6, 6.07) is 1.82. The molecule has 0 heterocycles. The number of nitrogens with two attached hydrogens (primary N) is 1. The highest BCUT2D eigenvalue weighted by molar-refractivity contribution is 5.94. The van der Waals surface area contributed by atoms with E-state index < -0.39 is 23.2 Å². The number of amides is 1. The molecule has 0 radical (unpaired) electrons. The van der Waals surface area contributed by atoms with Gasteiger partial charge in [0.1, 0.15) is 5.69 Å². The Morgan fingerprint density at radius 1 is 1.39 bits per heavy atom. The Hall–Kier alpha value is -1.73. The van der Waals surface area contributed by atoms with Crippen molar-refractivity contribution in [3.05, 3.63) is 29.3 Å². The van der Waals surface area contributed by atoms with E-state index in [4.69, 9.17) is 10.6 Å². The SMILES string of the molecule is CCOCCNC(=O)c1cc(F)c(NN)c(F)c1. The second kappa shape index (κ2) is 6.87. The Morgan fingerprint density at radius 3 is 2.50 bits per heavy atom. The van der Waals surface area contributed by atoms with Crippen LogP contribution >= 0.6 is 0 Å². The molecule has 18 heavy (non-hydrogen) atoms. The van der Waals surface area contributed by atoms with Crippen LogP contribution in [0.5, 0.6) is 0 Å². The molecular formula is C11H15F2N3O2. The van der Waals surface area contributed by atoms with Gasteiger partial charge in [0, 0.05) is 18.7 Å². The molecule has 0 aliphatic carbocycles. The van der Waals surface area contributed by atoms with Gasteiger partial charge in [-0.2, -0.15) is 0 Å². The lowest BCUT2D eigenvalue weighted by Gasteiger charge is -2.08. The zero-order valence-corrected chi connectivity index (χ0v) is 9.93. The summed E-state index contributed by atoms with van der Waals surface area (Å²) in [5.41, 5.74) is 1.31. The summed E-state index contributed by atoms with van der Waals surface area (Å²) >= 11 is 0. The quantitative estimate of drug-likeness (QED) is 0.405. The summed E-state index contributed by atoms with van der Waals surface area (Å²) in [6.07, 6.45) is 0. The van der Waals surface area contributed by atoms with Crippen molar-refractivity contribution in [3.8, 4) is 0 Å². The summed E-state index contributed by atoms with van der Waals surface area (Å²) < 4.78 is 31.7. The van der Waals surface area contributed by atoms with E-state index in [1.807, 2.05) is 12.3 Å². The minimum Gasteiger partial charge on any atom is -0.380 e. The molecule has 0 saturated carbocycles. The topological polar surface area (TPSA) is 76.4 Å². The highest BCUT2D eigenvalue weighted by Crippen LogP contribution is 2.19. The Balaban J connectivity index is 2.69. The average Bonchev–Trinajstić information content (AvgIpc) is 2.34. The molecule has 0 saturated heterocycles. The number of rotatable bonds is 6. The molecule has 1 rings (SSSR count). The largest absolute Gasteiger partial charge is 0.380 e. The van der Waals surface area contributed by atoms with Crippen LogP contribution in [0.25, 0.3) is 0 Å². The maximum Gasteiger partial charge on any atom is 0.251 e. The number of nitrogen functional groups attached to an aromatic ring is 1. The first-order valence-electron chi connectivity index (χ1n) is 5.41. The lowest BCUT2D eigenvalue weighted by molar-refractivity contribution is 0.0921. The molecule has 0 spiro atoms. The molecule has 0 unspecified atom stereocenters. The number of carbonyl (C=O) groups is 1. The molecular weight excluding hydrogens is 244 g/mol. The monoisotopic (exact) mass is 259 g/mol. The molecule has 7 heteroatoms. The van der Waals surface area contributed by atoms with Crippen LogP contribution in [0.3, 0.4) is 0 Å². The third-order valence-corrected chi connectivity index (χ3v) is 2.18. The lowest BCUT2D eigenvalue weighted by Crippen LogP contribution is -2.27. The second-order valence-corrected chi connectivity index (χ2v) is 3.41. The van der Waals surface area contributed by atoms with E-state index >= 15 is 0 Å². The molecule has 5 nitrogen and oxygen atoms in total. The zero-order chi connectivity index (χ0) is 13.5. The minimum absolute atomic E-state index is 0.111. The summed E-state index contributed by atoms with van der Waals surface area (Å²) in [5, 5.41) is 2.48. The highest BCUT2D eigenvalue weighted by Gasteiger charge is 2.14. The number of benzene rings is 1. The summed E-state index contributed by atoms with van der Waals surface area (Å²) in [6.45, 7) is 2.98. The van der Waals surface area contributed by atoms with Gasteiger partial charge in [0.15, 0.2) is 11.6 Å². The van der Waals surface area contributed by atoms with E-state index in [2.05, 4.69) is 5.32 Å². The van der Waals surface area contributed by atoms with Crippen molar-refractivity contribution >= 4 is 11.6 Å². The van der Waals surface area contributed by atoms with Crippen LogP contribution in [0.1, 0.15) is 17.3 Å². The average molecular weight is 259 g/mol. The summed E-state index contributed by atoms with van der Waals surface area (Å²) in [7, 11) is 0. The molecule has 1 aromatic rings. The number of hydrogen-bond acceptors (Lipinski definition) is 4. The molecule has 1 aromatic carbocycles. The first kappa shape index (κ1) is 14.3. The fourth-order valence-corrected chi connectivity index (χ4v) is 1.33. The maximum atomic E-state index is 13.3. The third kappa shape index (κ3) is 3.64. The predicted molar refractivity (Wildman–Crippen MR) is 63.0 cm³/mol. The normalized spacial score (nSPS) is 10.2. The van der Waals surface area contributed by atoms with Gasteiger partial charge in [0.05, 0.1) is 6.61 Å². The first-order valence-corrected chi connectivity index (χ1v) is 5.41. The van der Waals surface area contributed by atoms with Gasteiger partial charge in [0.2, 0.25) is 0 Å². The number of carbonyl (C=O) groups excluding carboxylic acids is 1.